The second-order valence-corrected chi connectivity index (χ2v) is 3.52. The van der Waals surface area contributed by atoms with Crippen LogP contribution in [0.1, 0.15) is 11.9 Å². The van der Waals surface area contributed by atoms with Crippen LogP contribution in [-0.2, 0) is 9.47 Å². The number of methoxy groups -OCH3 is 2. The van der Waals surface area contributed by atoms with Crippen molar-refractivity contribution in [2.75, 3.05) is 14.2 Å². The molecule has 0 fully saturated rings. The third-order valence-corrected chi connectivity index (χ3v) is 2.46. The van der Waals surface area contributed by atoms with Gasteiger partial charge in [-0.25, -0.2) is 0 Å². The second-order valence-electron chi connectivity index (χ2n) is 3.52. The molecule has 0 spiro atoms. The molecule has 0 saturated heterocycles. The lowest BCUT2D eigenvalue weighted by atomic mass is 10.1. The Morgan fingerprint density at radius 2 is 1.71 bits per heavy atom. The van der Waals surface area contributed by atoms with Crippen LogP contribution >= 0.6 is 0 Å². The van der Waals surface area contributed by atoms with Crippen LogP contribution in [0.2, 0.25) is 0 Å². The van der Waals surface area contributed by atoms with E-state index in [0.717, 1.165) is 16.8 Å². The van der Waals surface area contributed by atoms with Crippen molar-refractivity contribution in [1.29, 1.82) is 0 Å². The molecule has 2 aromatic heterocycles. The summed E-state index contributed by atoms with van der Waals surface area (Å²) in [5.74, 6) is 0. The summed E-state index contributed by atoms with van der Waals surface area (Å²) in [7, 11) is 3.20. The summed E-state index contributed by atoms with van der Waals surface area (Å²) in [5.41, 5.74) is 2.84. The number of pyridine rings is 2. The van der Waals surface area contributed by atoms with Crippen LogP contribution in [0.4, 0.5) is 0 Å². The lowest BCUT2D eigenvalue weighted by Crippen LogP contribution is -2.03. The zero-order valence-electron chi connectivity index (χ0n) is 9.83. The summed E-state index contributed by atoms with van der Waals surface area (Å²) >= 11 is 0. The van der Waals surface area contributed by atoms with Crippen molar-refractivity contribution in [2.45, 2.75) is 6.29 Å². The topological polar surface area (TPSA) is 44.2 Å². The van der Waals surface area contributed by atoms with Gasteiger partial charge in [0.1, 0.15) is 0 Å². The number of nitrogens with zero attached hydrogens (tertiary/aromatic N) is 2. The Hall–Kier alpha value is -1.78. The molecule has 0 amide bonds. The van der Waals surface area contributed by atoms with Crippen LogP contribution in [0.25, 0.3) is 11.3 Å². The number of hydrogen-bond donors (Lipinski definition) is 0. The molecule has 4 heteroatoms. The zero-order valence-corrected chi connectivity index (χ0v) is 9.83. The zero-order chi connectivity index (χ0) is 12.1. The average molecular weight is 230 g/mol. The number of ether oxygens (including phenoxy) is 2. The molecule has 0 aliphatic carbocycles. The smallest absolute Gasteiger partial charge is 0.184 e. The normalized spacial score (nSPS) is 10.8. The van der Waals surface area contributed by atoms with Crippen LogP contribution in [0.3, 0.4) is 0 Å². The van der Waals surface area contributed by atoms with Gasteiger partial charge in [-0.15, -0.1) is 0 Å². The van der Waals surface area contributed by atoms with Gasteiger partial charge >= 0.3 is 0 Å². The van der Waals surface area contributed by atoms with Gasteiger partial charge in [-0.05, 0) is 18.2 Å². The van der Waals surface area contributed by atoms with E-state index in [4.69, 9.17) is 9.47 Å². The highest BCUT2D eigenvalue weighted by Gasteiger charge is 2.09. The van der Waals surface area contributed by atoms with Crippen molar-refractivity contribution >= 4 is 0 Å². The minimum Gasteiger partial charge on any atom is -0.352 e. The molecule has 2 heterocycles. The average Bonchev–Trinajstić information content (AvgIpc) is 2.42. The molecule has 0 saturated carbocycles. The largest absolute Gasteiger partial charge is 0.352 e. The fourth-order valence-corrected chi connectivity index (χ4v) is 1.61. The van der Waals surface area contributed by atoms with Gasteiger partial charge in [-0.2, -0.15) is 0 Å². The van der Waals surface area contributed by atoms with Gasteiger partial charge in [0.25, 0.3) is 0 Å². The van der Waals surface area contributed by atoms with Gasteiger partial charge in [0.15, 0.2) is 6.29 Å². The standard InChI is InChI=1S/C13H14N2O2/c1-16-13(17-2)11-3-4-12(15-9-11)10-5-7-14-8-6-10/h3-9,13H,1-2H3. The van der Waals surface area contributed by atoms with Gasteiger partial charge < -0.3 is 9.47 Å². The number of aromatic nitrogens is 2. The number of rotatable bonds is 4. The lowest BCUT2D eigenvalue weighted by molar-refractivity contribution is -0.106. The van der Waals surface area contributed by atoms with Crippen LogP contribution in [0.5, 0.6) is 0 Å². The molecule has 0 aromatic carbocycles. The molecule has 17 heavy (non-hydrogen) atoms. The molecule has 4 nitrogen and oxygen atoms in total. The van der Waals surface area contributed by atoms with E-state index in [0.29, 0.717) is 0 Å². The van der Waals surface area contributed by atoms with E-state index in [1.165, 1.54) is 0 Å². The monoisotopic (exact) mass is 230 g/mol. The molecule has 0 atom stereocenters. The molecule has 0 radical (unpaired) electrons. The lowest BCUT2D eigenvalue weighted by Gasteiger charge is -2.13. The summed E-state index contributed by atoms with van der Waals surface area (Å²) < 4.78 is 10.3. The van der Waals surface area contributed by atoms with Crippen molar-refractivity contribution in [3.8, 4) is 11.3 Å². The van der Waals surface area contributed by atoms with E-state index < -0.39 is 0 Å². The molecule has 0 unspecified atom stereocenters. The Balaban J connectivity index is 2.24. The van der Waals surface area contributed by atoms with E-state index in [1.54, 1.807) is 32.8 Å². The van der Waals surface area contributed by atoms with E-state index in [1.807, 2.05) is 24.3 Å². The predicted molar refractivity (Wildman–Crippen MR) is 64.2 cm³/mol. The van der Waals surface area contributed by atoms with Crippen molar-refractivity contribution in [3.05, 3.63) is 48.4 Å². The van der Waals surface area contributed by atoms with Crippen LogP contribution in [-0.4, -0.2) is 24.2 Å². The molecule has 2 rings (SSSR count). The molecule has 0 aliphatic rings. The van der Waals surface area contributed by atoms with Crippen molar-refractivity contribution in [1.82, 2.24) is 9.97 Å². The van der Waals surface area contributed by atoms with E-state index in [-0.39, 0.29) is 6.29 Å². The van der Waals surface area contributed by atoms with Crippen LogP contribution in [0, 0.1) is 0 Å². The van der Waals surface area contributed by atoms with Gasteiger partial charge in [0.2, 0.25) is 0 Å². The van der Waals surface area contributed by atoms with Gasteiger partial charge in [0, 0.05) is 43.9 Å². The summed E-state index contributed by atoms with van der Waals surface area (Å²) in [4.78, 5) is 8.35. The first kappa shape index (κ1) is 11.7. The molecule has 0 bridgehead atoms. The predicted octanol–water partition coefficient (Wildman–Crippen LogP) is 2.44. The Morgan fingerprint density at radius 1 is 1.00 bits per heavy atom. The Morgan fingerprint density at radius 3 is 2.24 bits per heavy atom. The van der Waals surface area contributed by atoms with Crippen molar-refractivity contribution in [3.63, 3.8) is 0 Å². The van der Waals surface area contributed by atoms with Crippen molar-refractivity contribution in [2.24, 2.45) is 0 Å². The highest BCUT2D eigenvalue weighted by atomic mass is 16.7. The third-order valence-electron chi connectivity index (χ3n) is 2.46. The minimum atomic E-state index is -0.367. The maximum Gasteiger partial charge on any atom is 0.184 e. The molecule has 88 valence electrons. The molecule has 0 N–H and O–H groups in total. The van der Waals surface area contributed by atoms with E-state index >= 15 is 0 Å². The first-order valence-corrected chi connectivity index (χ1v) is 5.27. The molecular formula is C13H14N2O2. The van der Waals surface area contributed by atoms with Crippen LogP contribution in [0.15, 0.2) is 42.9 Å². The molecular weight excluding hydrogens is 216 g/mol. The summed E-state index contributed by atoms with van der Waals surface area (Å²) in [6.07, 6.45) is 4.89. The van der Waals surface area contributed by atoms with Crippen molar-refractivity contribution < 1.29 is 9.47 Å². The second kappa shape index (κ2) is 5.52. The fourth-order valence-electron chi connectivity index (χ4n) is 1.61. The van der Waals surface area contributed by atoms with Gasteiger partial charge in [-0.3, -0.25) is 9.97 Å². The maximum absolute atomic E-state index is 5.16. The molecule has 2 aromatic rings. The first-order valence-electron chi connectivity index (χ1n) is 5.27. The highest BCUT2D eigenvalue weighted by Crippen LogP contribution is 2.20. The summed E-state index contributed by atoms with van der Waals surface area (Å²) in [5, 5.41) is 0. The quantitative estimate of drug-likeness (QED) is 0.757. The SMILES string of the molecule is COC(OC)c1ccc(-c2ccncc2)nc1. The van der Waals surface area contributed by atoms with Gasteiger partial charge in [-0.1, -0.05) is 6.07 Å². The van der Waals surface area contributed by atoms with Crippen LogP contribution < -0.4 is 0 Å². The van der Waals surface area contributed by atoms with E-state index in [9.17, 15) is 0 Å². The van der Waals surface area contributed by atoms with Gasteiger partial charge in [0.05, 0.1) is 5.69 Å². The Kier molecular flexibility index (Phi) is 3.80. The fraction of sp³-hybridized carbons (Fsp3) is 0.231. The molecule has 0 aliphatic heterocycles. The minimum absolute atomic E-state index is 0.367. The van der Waals surface area contributed by atoms with E-state index in [2.05, 4.69) is 9.97 Å². The summed E-state index contributed by atoms with van der Waals surface area (Å²) in [6.45, 7) is 0. The third kappa shape index (κ3) is 2.67. The highest BCUT2D eigenvalue weighted by molar-refractivity contribution is 5.57. The Bertz CT molecular complexity index is 453. The Labute approximate surface area is 100 Å². The maximum atomic E-state index is 5.16. The first-order chi connectivity index (χ1) is 8.35. The number of hydrogen-bond acceptors (Lipinski definition) is 4. The summed E-state index contributed by atoms with van der Waals surface area (Å²) in [6, 6.07) is 7.73.